The number of rotatable bonds is 5. The van der Waals surface area contributed by atoms with Crippen molar-refractivity contribution >= 4 is 0 Å². The molecule has 0 saturated carbocycles. The Morgan fingerprint density at radius 2 is 1.95 bits per heavy atom. The molecule has 19 heavy (non-hydrogen) atoms. The van der Waals surface area contributed by atoms with Crippen molar-refractivity contribution in [2.75, 3.05) is 6.54 Å². The van der Waals surface area contributed by atoms with Gasteiger partial charge in [0.1, 0.15) is 0 Å². The van der Waals surface area contributed by atoms with E-state index in [-0.39, 0.29) is 6.04 Å². The Bertz CT molecular complexity index is 534. The molecular formula is C17H22N2. The quantitative estimate of drug-likeness (QED) is 0.878. The lowest BCUT2D eigenvalue weighted by Gasteiger charge is -2.20. The second-order valence-electron chi connectivity index (χ2n) is 5.00. The van der Waals surface area contributed by atoms with E-state index in [1.54, 1.807) is 0 Å². The van der Waals surface area contributed by atoms with E-state index in [0.29, 0.717) is 0 Å². The molecular weight excluding hydrogens is 232 g/mol. The summed E-state index contributed by atoms with van der Waals surface area (Å²) in [7, 11) is 0. The van der Waals surface area contributed by atoms with E-state index in [0.717, 1.165) is 18.7 Å². The molecule has 1 aromatic carbocycles. The zero-order valence-electron chi connectivity index (χ0n) is 12.0. The van der Waals surface area contributed by atoms with Gasteiger partial charge in [0.05, 0.1) is 11.7 Å². The number of aryl methyl sites for hydroxylation is 2. The van der Waals surface area contributed by atoms with Crippen LogP contribution < -0.4 is 5.32 Å². The molecule has 0 aliphatic rings. The minimum atomic E-state index is 0.182. The summed E-state index contributed by atoms with van der Waals surface area (Å²) in [6.07, 6.45) is 3.01. The van der Waals surface area contributed by atoms with Crippen LogP contribution in [0.5, 0.6) is 0 Å². The van der Waals surface area contributed by atoms with Gasteiger partial charge in [0.2, 0.25) is 0 Å². The summed E-state index contributed by atoms with van der Waals surface area (Å²) in [5.74, 6) is 0. The van der Waals surface area contributed by atoms with E-state index in [1.165, 1.54) is 16.7 Å². The molecule has 0 spiro atoms. The lowest BCUT2D eigenvalue weighted by Crippen LogP contribution is -2.24. The van der Waals surface area contributed by atoms with Gasteiger partial charge < -0.3 is 5.32 Å². The Balaban J connectivity index is 2.38. The summed E-state index contributed by atoms with van der Waals surface area (Å²) in [6, 6.07) is 12.9. The second kappa shape index (κ2) is 6.48. The first-order chi connectivity index (χ1) is 9.22. The predicted molar refractivity (Wildman–Crippen MR) is 80.3 cm³/mol. The third-order valence-corrected chi connectivity index (χ3v) is 3.33. The molecule has 2 aromatic rings. The van der Waals surface area contributed by atoms with Crippen LogP contribution in [0.1, 0.15) is 41.8 Å². The fourth-order valence-corrected chi connectivity index (χ4v) is 2.29. The number of benzene rings is 1. The molecule has 0 aliphatic carbocycles. The van der Waals surface area contributed by atoms with Gasteiger partial charge in [-0.1, -0.05) is 31.2 Å². The van der Waals surface area contributed by atoms with E-state index >= 15 is 0 Å². The van der Waals surface area contributed by atoms with Crippen molar-refractivity contribution in [3.8, 4) is 0 Å². The SMILES string of the molecule is CCCNC(c1cc(C)ccn1)c1ccccc1C. The Kier molecular flexibility index (Phi) is 4.69. The minimum Gasteiger partial charge on any atom is -0.305 e. The highest BCUT2D eigenvalue weighted by molar-refractivity contribution is 5.35. The van der Waals surface area contributed by atoms with Crippen molar-refractivity contribution in [1.82, 2.24) is 10.3 Å². The third kappa shape index (κ3) is 3.42. The summed E-state index contributed by atoms with van der Waals surface area (Å²) in [6.45, 7) is 7.45. The van der Waals surface area contributed by atoms with Crippen molar-refractivity contribution in [3.05, 3.63) is 65.0 Å². The van der Waals surface area contributed by atoms with Crippen LogP contribution in [-0.2, 0) is 0 Å². The lowest BCUT2D eigenvalue weighted by molar-refractivity contribution is 0.584. The maximum atomic E-state index is 4.55. The lowest BCUT2D eigenvalue weighted by atomic mass is 9.97. The van der Waals surface area contributed by atoms with Crippen LogP contribution in [-0.4, -0.2) is 11.5 Å². The van der Waals surface area contributed by atoms with Crippen LogP contribution in [0.15, 0.2) is 42.6 Å². The van der Waals surface area contributed by atoms with Gasteiger partial charge >= 0.3 is 0 Å². The maximum Gasteiger partial charge on any atom is 0.0754 e. The average Bonchev–Trinajstić information content (AvgIpc) is 2.41. The van der Waals surface area contributed by atoms with Crippen LogP contribution >= 0.6 is 0 Å². The van der Waals surface area contributed by atoms with Crippen molar-refractivity contribution < 1.29 is 0 Å². The Morgan fingerprint density at radius 1 is 1.16 bits per heavy atom. The number of nitrogens with one attached hydrogen (secondary N) is 1. The van der Waals surface area contributed by atoms with Gasteiger partial charge in [-0.2, -0.15) is 0 Å². The van der Waals surface area contributed by atoms with Crippen LogP contribution in [0.25, 0.3) is 0 Å². The van der Waals surface area contributed by atoms with E-state index in [4.69, 9.17) is 0 Å². The molecule has 0 aliphatic heterocycles. The Labute approximate surface area is 115 Å². The molecule has 1 heterocycles. The summed E-state index contributed by atoms with van der Waals surface area (Å²) in [4.78, 5) is 4.55. The molecule has 100 valence electrons. The highest BCUT2D eigenvalue weighted by Crippen LogP contribution is 2.23. The van der Waals surface area contributed by atoms with Gasteiger partial charge in [-0.15, -0.1) is 0 Å². The summed E-state index contributed by atoms with van der Waals surface area (Å²) >= 11 is 0. The molecule has 1 unspecified atom stereocenters. The normalized spacial score (nSPS) is 12.4. The topological polar surface area (TPSA) is 24.9 Å². The van der Waals surface area contributed by atoms with Gasteiger partial charge in [0, 0.05) is 6.20 Å². The smallest absolute Gasteiger partial charge is 0.0754 e. The number of hydrogen-bond donors (Lipinski definition) is 1. The van der Waals surface area contributed by atoms with E-state index in [2.05, 4.69) is 61.4 Å². The highest BCUT2D eigenvalue weighted by Gasteiger charge is 2.16. The van der Waals surface area contributed by atoms with Gasteiger partial charge in [0.25, 0.3) is 0 Å². The fourth-order valence-electron chi connectivity index (χ4n) is 2.29. The second-order valence-corrected chi connectivity index (χ2v) is 5.00. The number of nitrogens with zero attached hydrogens (tertiary/aromatic N) is 1. The molecule has 1 atom stereocenters. The molecule has 2 rings (SSSR count). The summed E-state index contributed by atoms with van der Waals surface area (Å²) in [5, 5.41) is 3.61. The third-order valence-electron chi connectivity index (χ3n) is 3.33. The van der Waals surface area contributed by atoms with Crippen LogP contribution in [0.4, 0.5) is 0 Å². The van der Waals surface area contributed by atoms with Gasteiger partial charge in [-0.25, -0.2) is 0 Å². The van der Waals surface area contributed by atoms with Crippen LogP contribution in [0.3, 0.4) is 0 Å². The van der Waals surface area contributed by atoms with Gasteiger partial charge in [-0.05, 0) is 55.6 Å². The molecule has 0 bridgehead atoms. The first-order valence-electron chi connectivity index (χ1n) is 6.94. The molecule has 1 aromatic heterocycles. The molecule has 0 saturated heterocycles. The van der Waals surface area contributed by atoms with Crippen molar-refractivity contribution in [1.29, 1.82) is 0 Å². The zero-order chi connectivity index (χ0) is 13.7. The van der Waals surface area contributed by atoms with Crippen molar-refractivity contribution in [2.24, 2.45) is 0 Å². The highest BCUT2D eigenvalue weighted by atomic mass is 14.9. The maximum absolute atomic E-state index is 4.55. The first-order valence-corrected chi connectivity index (χ1v) is 6.94. The molecule has 0 amide bonds. The monoisotopic (exact) mass is 254 g/mol. The Hall–Kier alpha value is -1.67. The van der Waals surface area contributed by atoms with E-state index < -0.39 is 0 Å². The molecule has 2 nitrogen and oxygen atoms in total. The van der Waals surface area contributed by atoms with Crippen LogP contribution in [0, 0.1) is 13.8 Å². The molecule has 2 heteroatoms. The van der Waals surface area contributed by atoms with Crippen molar-refractivity contribution in [2.45, 2.75) is 33.2 Å². The van der Waals surface area contributed by atoms with Crippen molar-refractivity contribution in [3.63, 3.8) is 0 Å². The summed E-state index contributed by atoms with van der Waals surface area (Å²) < 4.78 is 0. The minimum absolute atomic E-state index is 0.182. The standard InChI is InChI=1S/C17H22N2/c1-4-10-19-17(15-8-6-5-7-14(15)3)16-12-13(2)9-11-18-16/h5-9,11-12,17,19H,4,10H2,1-3H3. The predicted octanol–water partition coefficient (Wildman–Crippen LogP) is 3.79. The largest absolute Gasteiger partial charge is 0.305 e. The van der Waals surface area contributed by atoms with Crippen LogP contribution in [0.2, 0.25) is 0 Å². The van der Waals surface area contributed by atoms with E-state index in [9.17, 15) is 0 Å². The number of pyridine rings is 1. The number of hydrogen-bond acceptors (Lipinski definition) is 2. The van der Waals surface area contributed by atoms with E-state index in [1.807, 2.05) is 12.3 Å². The average molecular weight is 254 g/mol. The zero-order valence-corrected chi connectivity index (χ0v) is 12.0. The summed E-state index contributed by atoms with van der Waals surface area (Å²) in [5.41, 5.74) is 4.97. The molecule has 0 radical (unpaired) electrons. The number of aromatic nitrogens is 1. The van der Waals surface area contributed by atoms with Gasteiger partial charge in [0.15, 0.2) is 0 Å². The molecule has 1 N–H and O–H groups in total. The Morgan fingerprint density at radius 3 is 2.63 bits per heavy atom. The van der Waals surface area contributed by atoms with Gasteiger partial charge in [-0.3, -0.25) is 4.98 Å². The fraction of sp³-hybridized carbons (Fsp3) is 0.353. The first kappa shape index (κ1) is 13.8. The molecule has 0 fully saturated rings.